The molecule has 0 heterocycles. The van der Waals surface area contributed by atoms with Gasteiger partial charge < -0.3 is 0 Å². The molecule has 0 bridgehead atoms. The third-order valence-corrected chi connectivity index (χ3v) is 5.17. The maximum atomic E-state index is 13.4. The monoisotopic (exact) mass is 276 g/mol. The second kappa shape index (κ2) is 5.67. The molecule has 20 heavy (non-hydrogen) atoms. The molecule has 108 valence electrons. The largest absolute Gasteiger partial charge is 0.204 e. The van der Waals surface area contributed by atoms with Crippen molar-refractivity contribution in [2.24, 2.45) is 11.8 Å². The predicted octanol–water partition coefficient (Wildman–Crippen LogP) is 5.21. The summed E-state index contributed by atoms with van der Waals surface area (Å²) in [5, 5.41) is 0. The summed E-state index contributed by atoms with van der Waals surface area (Å²) in [5.74, 6) is 0.136. The molecule has 0 aliphatic heterocycles. The van der Waals surface area contributed by atoms with Crippen molar-refractivity contribution in [1.82, 2.24) is 0 Å². The molecule has 0 unspecified atom stereocenters. The minimum atomic E-state index is -0.718. The van der Waals surface area contributed by atoms with E-state index in [-0.39, 0.29) is 0 Å². The van der Waals surface area contributed by atoms with Crippen molar-refractivity contribution in [3.05, 3.63) is 46.5 Å². The Labute approximate surface area is 119 Å². The lowest BCUT2D eigenvalue weighted by molar-refractivity contribution is 0.292. The molecule has 3 rings (SSSR count). The Bertz CT molecular complexity index is 522. The zero-order valence-corrected chi connectivity index (χ0v) is 12.1. The molecule has 0 atom stereocenters. The maximum absolute atomic E-state index is 13.4. The van der Waals surface area contributed by atoms with Gasteiger partial charge >= 0.3 is 0 Å². The fourth-order valence-electron chi connectivity index (χ4n) is 3.77. The molecule has 1 fully saturated rings. The van der Waals surface area contributed by atoms with Gasteiger partial charge in [0.1, 0.15) is 0 Å². The van der Waals surface area contributed by atoms with Crippen LogP contribution in [0.5, 0.6) is 0 Å². The topological polar surface area (TPSA) is 0 Å². The first-order valence-electron chi connectivity index (χ1n) is 7.83. The van der Waals surface area contributed by atoms with Crippen molar-refractivity contribution in [1.29, 1.82) is 0 Å². The lowest BCUT2D eigenvalue weighted by Crippen LogP contribution is -2.19. The Hall–Kier alpha value is -1.18. The Morgan fingerprint density at radius 3 is 2.30 bits per heavy atom. The summed E-state index contributed by atoms with van der Waals surface area (Å²) in [4.78, 5) is 0. The smallest absolute Gasteiger partial charge is 0.159 e. The van der Waals surface area contributed by atoms with Crippen LogP contribution >= 0.6 is 0 Å². The lowest BCUT2D eigenvalue weighted by Gasteiger charge is -2.31. The van der Waals surface area contributed by atoms with Crippen LogP contribution in [0, 0.1) is 23.5 Å². The highest BCUT2D eigenvalue weighted by Crippen LogP contribution is 2.38. The molecular weight excluding hydrogens is 254 g/mol. The Balaban J connectivity index is 1.72. The van der Waals surface area contributed by atoms with E-state index in [2.05, 4.69) is 13.0 Å². The number of fused-ring (bicyclic) bond motifs is 1. The number of hydrogen-bond donors (Lipinski definition) is 0. The molecule has 0 spiro atoms. The zero-order valence-electron chi connectivity index (χ0n) is 12.1. The standard InChI is InChI=1S/C18H22F2/c1-2-12-3-5-13(6-4-12)14-7-8-15-10-17(19)18(20)11-16(15)9-14/h7,10-13H,2-6,8-9H2,1H3. The summed E-state index contributed by atoms with van der Waals surface area (Å²) < 4.78 is 26.6. The first kappa shape index (κ1) is 13.8. The average Bonchev–Trinajstić information content (AvgIpc) is 2.48. The van der Waals surface area contributed by atoms with Crippen LogP contribution in [0.1, 0.15) is 50.2 Å². The Morgan fingerprint density at radius 1 is 1.00 bits per heavy atom. The summed E-state index contributed by atoms with van der Waals surface area (Å²) in [7, 11) is 0. The summed E-state index contributed by atoms with van der Waals surface area (Å²) in [6, 6.07) is 2.77. The molecule has 2 aliphatic rings. The highest BCUT2D eigenvalue weighted by molar-refractivity contribution is 5.38. The highest BCUT2D eigenvalue weighted by atomic mass is 19.2. The molecule has 2 aliphatic carbocycles. The van der Waals surface area contributed by atoms with Crippen molar-refractivity contribution in [2.45, 2.75) is 51.9 Å². The van der Waals surface area contributed by atoms with Crippen molar-refractivity contribution >= 4 is 0 Å². The summed E-state index contributed by atoms with van der Waals surface area (Å²) in [5.41, 5.74) is 3.40. The maximum Gasteiger partial charge on any atom is 0.159 e. The molecular formula is C18H22F2. The number of allylic oxidation sites excluding steroid dienone is 2. The summed E-state index contributed by atoms with van der Waals surface area (Å²) in [6.07, 6.45) is 10.3. The van der Waals surface area contributed by atoms with Crippen LogP contribution in [0.4, 0.5) is 8.78 Å². The van der Waals surface area contributed by atoms with Gasteiger partial charge in [-0.15, -0.1) is 0 Å². The van der Waals surface area contributed by atoms with Gasteiger partial charge in [0.2, 0.25) is 0 Å². The lowest BCUT2D eigenvalue weighted by atomic mass is 9.74. The molecule has 0 aromatic heterocycles. The van der Waals surface area contributed by atoms with Gasteiger partial charge in [-0.3, -0.25) is 0 Å². The van der Waals surface area contributed by atoms with Gasteiger partial charge in [0, 0.05) is 0 Å². The van der Waals surface area contributed by atoms with Crippen molar-refractivity contribution in [3.63, 3.8) is 0 Å². The minimum Gasteiger partial charge on any atom is -0.204 e. The van der Waals surface area contributed by atoms with Crippen molar-refractivity contribution in [2.75, 3.05) is 0 Å². The fraction of sp³-hybridized carbons (Fsp3) is 0.556. The first-order chi connectivity index (χ1) is 9.67. The second-order valence-electron chi connectivity index (χ2n) is 6.32. The van der Waals surface area contributed by atoms with Gasteiger partial charge in [-0.25, -0.2) is 8.78 Å². The van der Waals surface area contributed by atoms with Crippen LogP contribution in [0.25, 0.3) is 0 Å². The van der Waals surface area contributed by atoms with Crippen LogP contribution in [0.15, 0.2) is 23.8 Å². The van der Waals surface area contributed by atoms with E-state index in [1.54, 1.807) is 0 Å². The van der Waals surface area contributed by atoms with Crippen molar-refractivity contribution < 1.29 is 8.78 Å². The van der Waals surface area contributed by atoms with Crippen LogP contribution in [0.3, 0.4) is 0 Å². The Morgan fingerprint density at radius 2 is 1.65 bits per heavy atom. The summed E-state index contributed by atoms with van der Waals surface area (Å²) >= 11 is 0. The number of rotatable bonds is 2. The molecule has 0 saturated heterocycles. The molecule has 0 amide bonds. The average molecular weight is 276 g/mol. The van der Waals surface area contributed by atoms with E-state index in [0.717, 1.165) is 29.9 Å². The third kappa shape index (κ3) is 2.65. The first-order valence-corrected chi connectivity index (χ1v) is 7.83. The van der Waals surface area contributed by atoms with E-state index in [1.807, 2.05) is 0 Å². The SMILES string of the molecule is CCC1CCC(C2=CCc3cc(F)c(F)cc3C2)CC1. The van der Waals surface area contributed by atoms with E-state index in [1.165, 1.54) is 49.8 Å². The fourth-order valence-corrected chi connectivity index (χ4v) is 3.77. The molecule has 1 aromatic carbocycles. The summed E-state index contributed by atoms with van der Waals surface area (Å²) in [6.45, 7) is 2.28. The van der Waals surface area contributed by atoms with Gasteiger partial charge in [0.25, 0.3) is 0 Å². The van der Waals surface area contributed by atoms with E-state index < -0.39 is 11.6 Å². The van der Waals surface area contributed by atoms with Gasteiger partial charge in [-0.1, -0.05) is 25.0 Å². The van der Waals surface area contributed by atoms with Crippen molar-refractivity contribution in [3.8, 4) is 0 Å². The van der Waals surface area contributed by atoms with Gasteiger partial charge in [-0.2, -0.15) is 0 Å². The zero-order chi connectivity index (χ0) is 14.1. The quantitative estimate of drug-likeness (QED) is 0.651. The Kier molecular flexibility index (Phi) is 3.91. The van der Waals surface area contributed by atoms with Gasteiger partial charge in [-0.05, 0) is 73.6 Å². The minimum absolute atomic E-state index is 0.666. The normalized spacial score (nSPS) is 26.1. The van der Waals surface area contributed by atoms with Crippen LogP contribution in [0.2, 0.25) is 0 Å². The van der Waals surface area contributed by atoms with E-state index in [4.69, 9.17) is 0 Å². The van der Waals surface area contributed by atoms with E-state index >= 15 is 0 Å². The van der Waals surface area contributed by atoms with Crippen LogP contribution in [-0.2, 0) is 12.8 Å². The molecule has 0 nitrogen and oxygen atoms in total. The van der Waals surface area contributed by atoms with Crippen LogP contribution < -0.4 is 0 Å². The molecule has 0 radical (unpaired) electrons. The number of halogens is 2. The molecule has 1 saturated carbocycles. The van der Waals surface area contributed by atoms with E-state index in [9.17, 15) is 8.78 Å². The third-order valence-electron chi connectivity index (χ3n) is 5.17. The highest BCUT2D eigenvalue weighted by Gasteiger charge is 2.25. The van der Waals surface area contributed by atoms with Gasteiger partial charge in [0.15, 0.2) is 11.6 Å². The second-order valence-corrected chi connectivity index (χ2v) is 6.32. The number of benzene rings is 1. The van der Waals surface area contributed by atoms with E-state index in [0.29, 0.717) is 5.92 Å². The number of hydrogen-bond acceptors (Lipinski definition) is 0. The van der Waals surface area contributed by atoms with Crippen LogP contribution in [-0.4, -0.2) is 0 Å². The van der Waals surface area contributed by atoms with Gasteiger partial charge in [0.05, 0.1) is 0 Å². The molecule has 0 N–H and O–H groups in total. The predicted molar refractivity (Wildman–Crippen MR) is 77.6 cm³/mol. The molecule has 2 heteroatoms. The molecule has 1 aromatic rings.